The number of carbonyl (C=O) groups is 1. The minimum atomic E-state index is -0.332. The van der Waals surface area contributed by atoms with Gasteiger partial charge in [-0.3, -0.25) is 0 Å². The number of ether oxygens (including phenoxy) is 1. The van der Waals surface area contributed by atoms with E-state index < -0.39 is 0 Å². The second-order valence-corrected chi connectivity index (χ2v) is 5.95. The minimum Gasteiger partial charge on any atom is -0.439 e. The van der Waals surface area contributed by atoms with Crippen molar-refractivity contribution in [3.63, 3.8) is 0 Å². The molecule has 1 aromatic rings. The molecule has 1 N–H and O–H groups in total. The van der Waals surface area contributed by atoms with Gasteiger partial charge in [0.05, 0.1) is 6.04 Å². The molecule has 1 aliphatic heterocycles. The molecule has 0 aliphatic carbocycles. The van der Waals surface area contributed by atoms with Gasteiger partial charge in [-0.25, -0.2) is 4.79 Å². The molecule has 0 aromatic heterocycles. The number of cyclic esters (lactones) is 1. The van der Waals surface area contributed by atoms with E-state index in [1.54, 1.807) is 0 Å². The summed E-state index contributed by atoms with van der Waals surface area (Å²) in [6, 6.07) is 6.21. The van der Waals surface area contributed by atoms with E-state index in [0.717, 1.165) is 12.7 Å². The highest BCUT2D eigenvalue weighted by Gasteiger charge is 2.31. The Hall–Kier alpha value is -0.0500. The van der Waals surface area contributed by atoms with Crippen LogP contribution in [0.5, 0.6) is 0 Å². The van der Waals surface area contributed by atoms with Crippen molar-refractivity contribution in [2.75, 3.05) is 0 Å². The summed E-state index contributed by atoms with van der Waals surface area (Å²) >= 11 is 4.53. The first-order valence-electron chi connectivity index (χ1n) is 4.49. The molecule has 2 unspecified atom stereocenters. The van der Waals surface area contributed by atoms with E-state index in [1.807, 2.05) is 19.1 Å². The van der Waals surface area contributed by atoms with Crippen molar-refractivity contribution in [1.82, 2.24) is 5.32 Å². The van der Waals surface area contributed by atoms with Gasteiger partial charge in [-0.1, -0.05) is 0 Å². The highest BCUT2D eigenvalue weighted by Crippen LogP contribution is 2.28. The summed E-state index contributed by atoms with van der Waals surface area (Å²) in [6.45, 7) is 1.95. The van der Waals surface area contributed by atoms with E-state index >= 15 is 0 Å². The topological polar surface area (TPSA) is 38.3 Å². The molecule has 1 fully saturated rings. The lowest BCUT2D eigenvalue weighted by Gasteiger charge is -2.13. The van der Waals surface area contributed by atoms with Crippen LogP contribution in [-0.2, 0) is 4.74 Å². The molecule has 3 nitrogen and oxygen atoms in total. The fourth-order valence-electron chi connectivity index (χ4n) is 1.61. The van der Waals surface area contributed by atoms with Crippen LogP contribution < -0.4 is 5.32 Å². The first kappa shape index (κ1) is 11.4. The zero-order valence-corrected chi connectivity index (χ0v) is 12.3. The standard InChI is InChI=1S/C10H9I2NO2/c1-5-9(15-10(14)13-5)6-2-7(11)4-8(12)3-6/h2-5,9H,1H3,(H,13,14). The van der Waals surface area contributed by atoms with Gasteiger partial charge < -0.3 is 10.1 Å². The van der Waals surface area contributed by atoms with E-state index in [4.69, 9.17) is 4.74 Å². The van der Waals surface area contributed by atoms with Crippen LogP contribution in [0.3, 0.4) is 0 Å². The van der Waals surface area contributed by atoms with Gasteiger partial charge >= 0.3 is 6.09 Å². The third kappa shape index (κ3) is 2.55. The lowest BCUT2D eigenvalue weighted by atomic mass is 10.0. The summed E-state index contributed by atoms with van der Waals surface area (Å²) in [6.07, 6.45) is -0.498. The molecule has 1 saturated heterocycles. The molecule has 0 bridgehead atoms. The van der Waals surface area contributed by atoms with Crippen LogP contribution in [0, 0.1) is 7.14 Å². The van der Waals surface area contributed by atoms with Crippen molar-refractivity contribution in [2.45, 2.75) is 19.1 Å². The quantitative estimate of drug-likeness (QED) is 0.698. The number of hydrogen-bond acceptors (Lipinski definition) is 2. The molecule has 2 rings (SSSR count). The summed E-state index contributed by atoms with van der Waals surface area (Å²) in [5.41, 5.74) is 1.05. The normalized spacial score (nSPS) is 24.9. The number of amides is 1. The first-order valence-corrected chi connectivity index (χ1v) is 6.65. The summed E-state index contributed by atoms with van der Waals surface area (Å²) < 4.78 is 7.53. The van der Waals surface area contributed by atoms with Crippen LogP contribution in [0.2, 0.25) is 0 Å². The Kier molecular flexibility index (Phi) is 3.39. The Bertz CT molecular complexity index is 388. The number of rotatable bonds is 1. The molecule has 5 heteroatoms. The van der Waals surface area contributed by atoms with Crippen LogP contribution in [0.25, 0.3) is 0 Å². The Labute approximate surface area is 115 Å². The predicted octanol–water partition coefficient (Wildman–Crippen LogP) is 3.07. The first-order chi connectivity index (χ1) is 7.06. The third-order valence-electron chi connectivity index (χ3n) is 2.25. The van der Waals surface area contributed by atoms with Crippen molar-refractivity contribution >= 4 is 51.3 Å². The van der Waals surface area contributed by atoms with Gasteiger partial charge in [-0.05, 0) is 75.9 Å². The van der Waals surface area contributed by atoms with E-state index in [1.165, 1.54) is 0 Å². The third-order valence-corrected chi connectivity index (χ3v) is 3.49. The highest BCUT2D eigenvalue weighted by atomic mass is 127. The van der Waals surface area contributed by atoms with Gasteiger partial charge in [0.2, 0.25) is 0 Å². The number of halogens is 2. The van der Waals surface area contributed by atoms with Gasteiger partial charge in [-0.15, -0.1) is 0 Å². The maximum absolute atomic E-state index is 11.1. The summed E-state index contributed by atoms with van der Waals surface area (Å²) in [7, 11) is 0. The SMILES string of the molecule is CC1NC(=O)OC1c1cc(I)cc(I)c1. The van der Waals surface area contributed by atoms with Crippen LogP contribution in [-0.4, -0.2) is 12.1 Å². The van der Waals surface area contributed by atoms with Crippen molar-refractivity contribution in [2.24, 2.45) is 0 Å². The Morgan fingerprint density at radius 1 is 1.27 bits per heavy atom. The lowest BCUT2D eigenvalue weighted by Crippen LogP contribution is -2.23. The molecule has 1 amide bonds. The van der Waals surface area contributed by atoms with Gasteiger partial charge in [-0.2, -0.15) is 0 Å². The van der Waals surface area contributed by atoms with Gasteiger partial charge in [0, 0.05) is 7.14 Å². The van der Waals surface area contributed by atoms with Crippen molar-refractivity contribution in [1.29, 1.82) is 0 Å². The predicted molar refractivity (Wildman–Crippen MR) is 73.7 cm³/mol. The fourth-order valence-corrected chi connectivity index (χ4v) is 3.60. The second-order valence-electron chi connectivity index (χ2n) is 3.46. The molecule has 0 radical (unpaired) electrons. The maximum Gasteiger partial charge on any atom is 0.408 e. The monoisotopic (exact) mass is 429 g/mol. The average molecular weight is 429 g/mol. The number of alkyl carbamates (subject to hydrolysis) is 1. The van der Waals surface area contributed by atoms with Gasteiger partial charge in [0.15, 0.2) is 0 Å². The molecule has 2 atom stereocenters. The highest BCUT2D eigenvalue weighted by molar-refractivity contribution is 14.1. The number of hydrogen-bond donors (Lipinski definition) is 1. The minimum absolute atomic E-state index is 0.0338. The molecule has 80 valence electrons. The number of carbonyl (C=O) groups excluding carboxylic acids is 1. The Balaban J connectivity index is 2.33. The molecular weight excluding hydrogens is 420 g/mol. The maximum atomic E-state index is 11.1. The van der Waals surface area contributed by atoms with Gasteiger partial charge in [0.25, 0.3) is 0 Å². The average Bonchev–Trinajstić information content (AvgIpc) is 2.43. The summed E-state index contributed by atoms with van der Waals surface area (Å²) in [5.74, 6) is 0. The van der Waals surface area contributed by atoms with E-state index in [-0.39, 0.29) is 18.2 Å². The van der Waals surface area contributed by atoms with Crippen molar-refractivity contribution < 1.29 is 9.53 Å². The van der Waals surface area contributed by atoms with Crippen LogP contribution in [0.15, 0.2) is 18.2 Å². The second kappa shape index (κ2) is 4.44. The van der Waals surface area contributed by atoms with Crippen LogP contribution in [0.1, 0.15) is 18.6 Å². The lowest BCUT2D eigenvalue weighted by molar-refractivity contribution is 0.134. The number of benzene rings is 1. The van der Waals surface area contributed by atoms with Crippen molar-refractivity contribution in [3.8, 4) is 0 Å². The molecule has 1 aliphatic rings. The Morgan fingerprint density at radius 3 is 2.33 bits per heavy atom. The van der Waals surface area contributed by atoms with Crippen LogP contribution in [0.4, 0.5) is 4.79 Å². The van der Waals surface area contributed by atoms with Gasteiger partial charge in [0.1, 0.15) is 6.10 Å². The molecule has 15 heavy (non-hydrogen) atoms. The molecular formula is C10H9I2NO2. The molecule has 1 heterocycles. The van der Waals surface area contributed by atoms with E-state index in [9.17, 15) is 4.79 Å². The molecule has 1 aromatic carbocycles. The van der Waals surface area contributed by atoms with Crippen LogP contribution >= 0.6 is 45.2 Å². The van der Waals surface area contributed by atoms with Crippen molar-refractivity contribution in [3.05, 3.63) is 30.9 Å². The fraction of sp³-hybridized carbons (Fsp3) is 0.300. The van der Waals surface area contributed by atoms with E-state index in [0.29, 0.717) is 0 Å². The zero-order chi connectivity index (χ0) is 11.0. The summed E-state index contributed by atoms with van der Waals surface area (Å²) in [4.78, 5) is 11.1. The zero-order valence-electron chi connectivity index (χ0n) is 7.96. The molecule has 0 saturated carbocycles. The summed E-state index contributed by atoms with van der Waals surface area (Å²) in [5, 5.41) is 2.74. The Morgan fingerprint density at radius 2 is 1.87 bits per heavy atom. The molecule has 0 spiro atoms. The van der Waals surface area contributed by atoms with E-state index in [2.05, 4.69) is 56.6 Å². The smallest absolute Gasteiger partial charge is 0.408 e. The largest absolute Gasteiger partial charge is 0.439 e. The number of nitrogens with one attached hydrogen (secondary N) is 1.